The van der Waals surface area contributed by atoms with Gasteiger partial charge in [-0.05, 0) is 43.2 Å². The Labute approximate surface area is 230 Å². The highest BCUT2D eigenvalue weighted by atomic mass is 32.1. The number of fused-ring (bicyclic) bond motifs is 1. The first-order valence-electron chi connectivity index (χ1n) is 12.9. The Bertz CT molecular complexity index is 1680. The summed E-state index contributed by atoms with van der Waals surface area (Å²) in [6.45, 7) is 2.06. The zero-order valence-electron chi connectivity index (χ0n) is 21.5. The first-order chi connectivity index (χ1) is 19.1. The highest BCUT2D eigenvalue weighted by Crippen LogP contribution is 2.34. The lowest BCUT2D eigenvalue weighted by Gasteiger charge is -2.17. The SMILES string of the molecule is Cc1ccc(-c2nc(-c3cccnc3)sc2CC(=O)N[C@@H](Cc2ccccc2)c2nc3ccccc3[nH]2)cc1. The Kier molecular flexibility index (Phi) is 6.97. The summed E-state index contributed by atoms with van der Waals surface area (Å²) in [6.07, 6.45) is 4.39. The quantitative estimate of drug-likeness (QED) is 0.230. The molecule has 0 spiro atoms. The van der Waals surface area contributed by atoms with Gasteiger partial charge < -0.3 is 10.3 Å². The van der Waals surface area contributed by atoms with E-state index in [-0.39, 0.29) is 18.4 Å². The number of imidazole rings is 1. The molecule has 1 amide bonds. The maximum absolute atomic E-state index is 13.6. The second kappa shape index (κ2) is 11.0. The number of aromatic nitrogens is 4. The minimum Gasteiger partial charge on any atom is -0.345 e. The monoisotopic (exact) mass is 529 g/mol. The molecule has 192 valence electrons. The van der Waals surface area contributed by atoms with Crippen molar-refractivity contribution in [1.82, 2.24) is 25.3 Å². The van der Waals surface area contributed by atoms with Crippen LogP contribution in [-0.4, -0.2) is 25.8 Å². The number of aryl methyl sites for hydroxylation is 1. The highest BCUT2D eigenvalue weighted by molar-refractivity contribution is 7.15. The molecule has 3 aromatic carbocycles. The predicted molar refractivity (Wildman–Crippen MR) is 156 cm³/mol. The summed E-state index contributed by atoms with van der Waals surface area (Å²) in [4.78, 5) is 31.9. The van der Waals surface area contributed by atoms with E-state index in [1.807, 2.05) is 54.6 Å². The van der Waals surface area contributed by atoms with Crippen LogP contribution in [0.5, 0.6) is 0 Å². The van der Waals surface area contributed by atoms with Gasteiger partial charge in [-0.3, -0.25) is 9.78 Å². The third-order valence-electron chi connectivity index (χ3n) is 6.61. The maximum atomic E-state index is 13.6. The third kappa shape index (κ3) is 5.63. The molecule has 0 saturated carbocycles. The fraction of sp³-hybridized carbons (Fsp3) is 0.125. The number of thiazole rings is 1. The van der Waals surface area contributed by atoms with Crippen molar-refractivity contribution in [1.29, 1.82) is 0 Å². The van der Waals surface area contributed by atoms with Gasteiger partial charge in [-0.15, -0.1) is 11.3 Å². The fourth-order valence-electron chi connectivity index (χ4n) is 4.62. The lowest BCUT2D eigenvalue weighted by molar-refractivity contribution is -0.121. The van der Waals surface area contributed by atoms with Crippen LogP contribution in [0.3, 0.4) is 0 Å². The number of benzene rings is 3. The molecule has 3 heterocycles. The van der Waals surface area contributed by atoms with Crippen LogP contribution < -0.4 is 5.32 Å². The van der Waals surface area contributed by atoms with Crippen LogP contribution in [0.25, 0.3) is 32.9 Å². The number of aromatic amines is 1. The molecule has 1 atom stereocenters. The number of hydrogen-bond donors (Lipinski definition) is 2. The third-order valence-corrected chi connectivity index (χ3v) is 7.71. The standard InChI is InChI=1S/C32H27N5OS/c1-21-13-15-23(16-14-21)30-28(39-32(37-30)24-10-7-17-33-20-24)19-29(38)34-27(18-22-8-3-2-4-9-22)31-35-25-11-5-6-12-26(25)36-31/h2-17,20,27H,18-19H2,1H3,(H,34,38)(H,35,36)/t27-/m0/s1. The van der Waals surface area contributed by atoms with Crippen LogP contribution in [0.15, 0.2) is 103 Å². The van der Waals surface area contributed by atoms with E-state index in [4.69, 9.17) is 9.97 Å². The summed E-state index contributed by atoms with van der Waals surface area (Å²) in [5.41, 5.74) is 6.89. The van der Waals surface area contributed by atoms with Gasteiger partial charge in [-0.2, -0.15) is 0 Å². The number of nitrogens with one attached hydrogen (secondary N) is 2. The van der Waals surface area contributed by atoms with Crippen molar-refractivity contribution < 1.29 is 4.79 Å². The second-order valence-electron chi connectivity index (χ2n) is 9.52. The van der Waals surface area contributed by atoms with Gasteiger partial charge in [0.2, 0.25) is 5.91 Å². The topological polar surface area (TPSA) is 83.6 Å². The molecule has 0 bridgehead atoms. The van der Waals surface area contributed by atoms with Gasteiger partial charge in [0.1, 0.15) is 10.8 Å². The van der Waals surface area contributed by atoms with E-state index in [0.717, 1.165) is 49.1 Å². The molecular weight excluding hydrogens is 502 g/mol. The highest BCUT2D eigenvalue weighted by Gasteiger charge is 2.22. The Morgan fingerprint density at radius 2 is 1.69 bits per heavy atom. The Hall–Kier alpha value is -4.62. The van der Waals surface area contributed by atoms with Crippen molar-refractivity contribution in [3.8, 4) is 21.8 Å². The second-order valence-corrected chi connectivity index (χ2v) is 10.6. The zero-order valence-corrected chi connectivity index (χ0v) is 22.3. The lowest BCUT2D eigenvalue weighted by atomic mass is 10.0. The predicted octanol–water partition coefficient (Wildman–Crippen LogP) is 6.70. The smallest absolute Gasteiger partial charge is 0.225 e. The van der Waals surface area contributed by atoms with Gasteiger partial charge in [0, 0.05) is 28.4 Å². The van der Waals surface area contributed by atoms with Crippen LogP contribution in [-0.2, 0) is 17.6 Å². The van der Waals surface area contributed by atoms with E-state index in [1.54, 1.807) is 12.4 Å². The fourth-order valence-corrected chi connectivity index (χ4v) is 5.69. The molecule has 6 aromatic rings. The van der Waals surface area contributed by atoms with Crippen LogP contribution in [0.2, 0.25) is 0 Å². The minimum atomic E-state index is -0.305. The number of rotatable bonds is 8. The molecule has 0 radical (unpaired) electrons. The number of hydrogen-bond acceptors (Lipinski definition) is 5. The van der Waals surface area contributed by atoms with Crippen molar-refractivity contribution in [2.45, 2.75) is 25.8 Å². The van der Waals surface area contributed by atoms with Gasteiger partial charge in [0.25, 0.3) is 0 Å². The van der Waals surface area contributed by atoms with E-state index in [1.165, 1.54) is 16.9 Å². The van der Waals surface area contributed by atoms with E-state index in [2.05, 4.69) is 58.6 Å². The first kappa shape index (κ1) is 24.7. The van der Waals surface area contributed by atoms with Gasteiger partial charge in [-0.1, -0.05) is 72.3 Å². The van der Waals surface area contributed by atoms with E-state index in [9.17, 15) is 4.79 Å². The van der Waals surface area contributed by atoms with Crippen LogP contribution in [0.1, 0.15) is 27.9 Å². The van der Waals surface area contributed by atoms with Gasteiger partial charge in [-0.25, -0.2) is 9.97 Å². The molecule has 39 heavy (non-hydrogen) atoms. The van der Waals surface area contributed by atoms with Crippen molar-refractivity contribution in [2.24, 2.45) is 0 Å². The molecule has 2 N–H and O–H groups in total. The molecule has 0 fully saturated rings. The van der Waals surface area contributed by atoms with E-state index < -0.39 is 0 Å². The van der Waals surface area contributed by atoms with E-state index >= 15 is 0 Å². The molecule has 0 aliphatic carbocycles. The number of amides is 1. The average molecular weight is 530 g/mol. The molecule has 0 aliphatic heterocycles. The largest absolute Gasteiger partial charge is 0.345 e. The number of nitrogens with zero attached hydrogens (tertiary/aromatic N) is 3. The Morgan fingerprint density at radius 1 is 0.897 bits per heavy atom. The maximum Gasteiger partial charge on any atom is 0.225 e. The molecule has 6 nitrogen and oxygen atoms in total. The number of carbonyl (C=O) groups is 1. The van der Waals surface area contributed by atoms with Crippen molar-refractivity contribution in [3.63, 3.8) is 0 Å². The summed E-state index contributed by atoms with van der Waals surface area (Å²) in [7, 11) is 0. The van der Waals surface area contributed by atoms with Gasteiger partial charge in [0.15, 0.2) is 0 Å². The zero-order chi connectivity index (χ0) is 26.6. The van der Waals surface area contributed by atoms with Gasteiger partial charge in [0.05, 0.1) is 29.2 Å². The number of carbonyl (C=O) groups excluding carboxylic acids is 1. The minimum absolute atomic E-state index is 0.0777. The molecular formula is C32H27N5OS. The summed E-state index contributed by atoms with van der Waals surface area (Å²) < 4.78 is 0. The van der Waals surface area contributed by atoms with Crippen molar-refractivity contribution >= 4 is 28.3 Å². The summed E-state index contributed by atoms with van der Waals surface area (Å²) >= 11 is 1.54. The summed E-state index contributed by atoms with van der Waals surface area (Å²) in [5, 5.41) is 4.11. The Morgan fingerprint density at radius 3 is 2.46 bits per heavy atom. The number of para-hydroxylation sites is 2. The lowest BCUT2D eigenvalue weighted by Crippen LogP contribution is -2.31. The number of pyridine rings is 1. The molecule has 0 unspecified atom stereocenters. The van der Waals surface area contributed by atoms with E-state index in [0.29, 0.717) is 6.42 Å². The van der Waals surface area contributed by atoms with Gasteiger partial charge >= 0.3 is 0 Å². The molecule has 0 aliphatic rings. The first-order valence-corrected chi connectivity index (χ1v) is 13.7. The molecule has 6 rings (SSSR count). The molecule has 0 saturated heterocycles. The summed E-state index contributed by atoms with van der Waals surface area (Å²) in [6, 6.07) is 29.9. The number of H-pyrrole nitrogens is 1. The van der Waals surface area contributed by atoms with Crippen LogP contribution >= 0.6 is 11.3 Å². The van der Waals surface area contributed by atoms with Crippen molar-refractivity contribution in [3.05, 3.63) is 125 Å². The summed E-state index contributed by atoms with van der Waals surface area (Å²) in [5.74, 6) is 0.665. The molecule has 3 aromatic heterocycles. The molecule has 7 heteroatoms. The van der Waals surface area contributed by atoms with Crippen molar-refractivity contribution in [2.75, 3.05) is 0 Å². The average Bonchev–Trinajstić information content (AvgIpc) is 3.59. The van der Waals surface area contributed by atoms with Crippen LogP contribution in [0.4, 0.5) is 0 Å². The Balaban J connectivity index is 1.31. The van der Waals surface area contributed by atoms with Crippen LogP contribution in [0, 0.1) is 6.92 Å². The normalized spacial score (nSPS) is 11.9.